The number of carbonyl (C=O) groups excluding carboxylic acids is 1. The number of carboxylic acid groups (broad SMARTS) is 1. The smallest absolute Gasteiger partial charge is 0.345 e. The predicted octanol–water partition coefficient (Wildman–Crippen LogP) is 2.42. The van der Waals surface area contributed by atoms with Gasteiger partial charge in [-0.25, -0.2) is 4.79 Å². The van der Waals surface area contributed by atoms with Crippen LogP contribution in [0.3, 0.4) is 0 Å². The highest BCUT2D eigenvalue weighted by atomic mass is 16.5. The summed E-state index contributed by atoms with van der Waals surface area (Å²) in [5.74, 6) is -1.56. The Kier molecular flexibility index (Phi) is 3.66. The van der Waals surface area contributed by atoms with Crippen molar-refractivity contribution in [3.8, 4) is 5.75 Å². The number of hydrogen-bond acceptors (Lipinski definition) is 3. The number of ether oxygens (including phenoxy) is 1. The number of carbonyl (C=O) groups is 2. The van der Waals surface area contributed by atoms with Crippen molar-refractivity contribution in [1.82, 2.24) is 4.98 Å². The van der Waals surface area contributed by atoms with E-state index in [1.807, 2.05) is 0 Å². The standard InChI is InChI=1S/C14H13NO4/c1-9(13(16)17)10-2-4-12(5-3-10)19-14(18)11-6-7-15-8-11/h2-9,15H,1H3,(H,16,17). The number of hydrogen-bond donors (Lipinski definition) is 2. The van der Waals surface area contributed by atoms with E-state index in [1.54, 1.807) is 49.6 Å². The predicted molar refractivity (Wildman–Crippen MR) is 68.2 cm³/mol. The van der Waals surface area contributed by atoms with Crippen molar-refractivity contribution in [2.45, 2.75) is 12.8 Å². The molecule has 0 radical (unpaired) electrons. The van der Waals surface area contributed by atoms with Crippen molar-refractivity contribution in [2.75, 3.05) is 0 Å². The first-order chi connectivity index (χ1) is 9.08. The van der Waals surface area contributed by atoms with Crippen molar-refractivity contribution in [2.24, 2.45) is 0 Å². The summed E-state index contributed by atoms with van der Waals surface area (Å²) in [5, 5.41) is 8.89. The molecule has 98 valence electrons. The summed E-state index contributed by atoms with van der Waals surface area (Å²) in [6, 6.07) is 8.05. The number of aromatic nitrogens is 1. The lowest BCUT2D eigenvalue weighted by Crippen LogP contribution is -2.09. The molecule has 1 atom stereocenters. The highest BCUT2D eigenvalue weighted by molar-refractivity contribution is 5.90. The third kappa shape index (κ3) is 3.01. The average Bonchev–Trinajstić information content (AvgIpc) is 2.92. The van der Waals surface area contributed by atoms with Gasteiger partial charge >= 0.3 is 11.9 Å². The molecule has 0 aliphatic rings. The summed E-state index contributed by atoms with van der Waals surface area (Å²) in [5.41, 5.74) is 1.09. The van der Waals surface area contributed by atoms with Gasteiger partial charge in [0.05, 0.1) is 11.5 Å². The van der Waals surface area contributed by atoms with Crippen molar-refractivity contribution in [3.63, 3.8) is 0 Å². The fourth-order valence-corrected chi connectivity index (χ4v) is 1.58. The number of H-pyrrole nitrogens is 1. The number of rotatable bonds is 4. The fraction of sp³-hybridized carbons (Fsp3) is 0.143. The summed E-state index contributed by atoms with van der Waals surface area (Å²) in [6.07, 6.45) is 3.18. The molecule has 0 bridgehead atoms. The maximum Gasteiger partial charge on any atom is 0.345 e. The molecule has 5 nitrogen and oxygen atoms in total. The normalized spacial score (nSPS) is 11.8. The Morgan fingerprint density at radius 2 is 1.89 bits per heavy atom. The maximum atomic E-state index is 11.7. The van der Waals surface area contributed by atoms with E-state index in [-0.39, 0.29) is 0 Å². The molecule has 2 N–H and O–H groups in total. The Balaban J connectivity index is 2.07. The second-order valence-electron chi connectivity index (χ2n) is 4.12. The monoisotopic (exact) mass is 259 g/mol. The highest BCUT2D eigenvalue weighted by Crippen LogP contribution is 2.20. The Labute approximate surface area is 109 Å². The van der Waals surface area contributed by atoms with Crippen LogP contribution in [0, 0.1) is 0 Å². The topological polar surface area (TPSA) is 79.4 Å². The molecule has 1 aromatic carbocycles. The van der Waals surface area contributed by atoms with E-state index in [0.717, 1.165) is 0 Å². The first-order valence-electron chi connectivity index (χ1n) is 5.75. The average molecular weight is 259 g/mol. The number of nitrogens with one attached hydrogen (secondary N) is 1. The zero-order valence-corrected chi connectivity index (χ0v) is 10.3. The van der Waals surface area contributed by atoms with Crippen LogP contribution in [0.25, 0.3) is 0 Å². The molecule has 0 aliphatic carbocycles. The lowest BCUT2D eigenvalue weighted by atomic mass is 10.0. The number of aliphatic carboxylic acids is 1. The Hall–Kier alpha value is -2.56. The first-order valence-corrected chi connectivity index (χ1v) is 5.75. The molecule has 2 rings (SSSR count). The molecule has 0 spiro atoms. The number of carboxylic acids is 1. The van der Waals surface area contributed by atoms with E-state index < -0.39 is 17.9 Å². The number of aromatic amines is 1. The molecular weight excluding hydrogens is 246 g/mol. The van der Waals surface area contributed by atoms with E-state index in [9.17, 15) is 9.59 Å². The zero-order valence-electron chi connectivity index (χ0n) is 10.3. The molecule has 2 aromatic rings. The van der Waals surface area contributed by atoms with Gasteiger partial charge in [0.1, 0.15) is 5.75 Å². The minimum atomic E-state index is -0.892. The van der Waals surface area contributed by atoms with Crippen molar-refractivity contribution in [3.05, 3.63) is 53.9 Å². The minimum Gasteiger partial charge on any atom is -0.481 e. The SMILES string of the molecule is CC(C(=O)O)c1ccc(OC(=O)c2cc[nH]c2)cc1. The van der Waals surface area contributed by atoms with Gasteiger partial charge in [-0.3, -0.25) is 4.79 Å². The third-order valence-corrected chi connectivity index (χ3v) is 2.79. The molecule has 0 fully saturated rings. The summed E-state index contributed by atoms with van der Waals surface area (Å²) in [6.45, 7) is 1.60. The Morgan fingerprint density at radius 3 is 2.42 bits per heavy atom. The van der Waals surface area contributed by atoms with Gasteiger partial charge in [0.15, 0.2) is 0 Å². The van der Waals surface area contributed by atoms with Gasteiger partial charge in [-0.2, -0.15) is 0 Å². The molecule has 1 unspecified atom stereocenters. The van der Waals surface area contributed by atoms with Gasteiger partial charge in [-0.15, -0.1) is 0 Å². The van der Waals surface area contributed by atoms with Crippen LogP contribution in [-0.2, 0) is 4.79 Å². The van der Waals surface area contributed by atoms with Crippen molar-refractivity contribution in [1.29, 1.82) is 0 Å². The third-order valence-electron chi connectivity index (χ3n) is 2.79. The summed E-state index contributed by atoms with van der Waals surface area (Å²) in [4.78, 5) is 25.3. The molecule has 0 aliphatic heterocycles. The van der Waals surface area contributed by atoms with Crippen LogP contribution in [0.4, 0.5) is 0 Å². The Morgan fingerprint density at radius 1 is 1.21 bits per heavy atom. The van der Waals surface area contributed by atoms with E-state index >= 15 is 0 Å². The van der Waals surface area contributed by atoms with Crippen molar-refractivity contribution < 1.29 is 19.4 Å². The summed E-state index contributed by atoms with van der Waals surface area (Å²) >= 11 is 0. The van der Waals surface area contributed by atoms with Gasteiger partial charge in [0, 0.05) is 12.4 Å². The van der Waals surface area contributed by atoms with Crippen LogP contribution >= 0.6 is 0 Å². The van der Waals surface area contributed by atoms with Crippen LogP contribution in [0.2, 0.25) is 0 Å². The van der Waals surface area contributed by atoms with E-state index in [1.165, 1.54) is 0 Å². The van der Waals surface area contributed by atoms with Crippen LogP contribution in [-0.4, -0.2) is 22.0 Å². The van der Waals surface area contributed by atoms with E-state index in [4.69, 9.17) is 9.84 Å². The second-order valence-corrected chi connectivity index (χ2v) is 4.12. The first kappa shape index (κ1) is 12.9. The van der Waals surface area contributed by atoms with Crippen LogP contribution in [0.15, 0.2) is 42.7 Å². The lowest BCUT2D eigenvalue weighted by molar-refractivity contribution is -0.138. The lowest BCUT2D eigenvalue weighted by Gasteiger charge is -2.08. The minimum absolute atomic E-state index is 0.382. The van der Waals surface area contributed by atoms with Gasteiger partial charge in [0.25, 0.3) is 0 Å². The Bertz CT molecular complexity index is 572. The van der Waals surface area contributed by atoms with Gasteiger partial charge in [-0.05, 0) is 30.7 Å². The van der Waals surface area contributed by atoms with Gasteiger partial charge in [0.2, 0.25) is 0 Å². The van der Waals surface area contributed by atoms with Gasteiger partial charge < -0.3 is 14.8 Å². The largest absolute Gasteiger partial charge is 0.481 e. The molecule has 1 heterocycles. The van der Waals surface area contributed by atoms with Crippen LogP contribution < -0.4 is 4.74 Å². The molecule has 5 heteroatoms. The molecular formula is C14H13NO4. The van der Waals surface area contributed by atoms with E-state index in [0.29, 0.717) is 16.9 Å². The van der Waals surface area contributed by atoms with Crippen LogP contribution in [0.1, 0.15) is 28.8 Å². The maximum absolute atomic E-state index is 11.7. The molecule has 19 heavy (non-hydrogen) atoms. The second kappa shape index (κ2) is 5.39. The number of esters is 1. The quantitative estimate of drug-likeness (QED) is 0.652. The summed E-state index contributed by atoms with van der Waals surface area (Å²) < 4.78 is 5.15. The highest BCUT2D eigenvalue weighted by Gasteiger charge is 2.14. The van der Waals surface area contributed by atoms with E-state index in [2.05, 4.69) is 4.98 Å². The van der Waals surface area contributed by atoms with Crippen molar-refractivity contribution >= 4 is 11.9 Å². The molecule has 1 aromatic heterocycles. The molecule has 0 saturated heterocycles. The molecule has 0 amide bonds. The van der Waals surface area contributed by atoms with Gasteiger partial charge in [-0.1, -0.05) is 12.1 Å². The fourth-order valence-electron chi connectivity index (χ4n) is 1.58. The summed E-state index contributed by atoms with van der Waals surface area (Å²) in [7, 11) is 0. The van der Waals surface area contributed by atoms with Crippen LogP contribution in [0.5, 0.6) is 5.75 Å². The zero-order chi connectivity index (χ0) is 13.8. The molecule has 0 saturated carbocycles. The number of benzene rings is 1.